The summed E-state index contributed by atoms with van der Waals surface area (Å²) in [4.78, 5) is 0. The lowest BCUT2D eigenvalue weighted by atomic mass is 10.2. The van der Waals surface area contributed by atoms with E-state index in [1.54, 1.807) is 0 Å². The molecule has 0 saturated carbocycles. The van der Waals surface area contributed by atoms with E-state index in [9.17, 15) is 0 Å². The van der Waals surface area contributed by atoms with Gasteiger partial charge < -0.3 is 14.3 Å². The van der Waals surface area contributed by atoms with E-state index in [0.29, 0.717) is 6.61 Å². The van der Waals surface area contributed by atoms with Gasteiger partial charge >= 0.3 is 0 Å². The zero-order valence-corrected chi connectivity index (χ0v) is 17.0. The van der Waals surface area contributed by atoms with Crippen molar-refractivity contribution in [3.8, 4) is 0 Å². The molecule has 3 rings (SSSR count). The molecule has 2 atom stereocenters. The summed E-state index contributed by atoms with van der Waals surface area (Å²) >= 11 is 0. The van der Waals surface area contributed by atoms with Crippen molar-refractivity contribution >= 4 is 18.7 Å². The third-order valence-corrected chi connectivity index (χ3v) is 10.3. The Kier molecular flexibility index (Phi) is 5.98. The fraction of sp³-hybridized carbons (Fsp3) is 0.455. The van der Waals surface area contributed by atoms with E-state index in [2.05, 4.69) is 81.4 Å². The van der Waals surface area contributed by atoms with Gasteiger partial charge in [-0.2, -0.15) is 0 Å². The highest BCUT2D eigenvalue weighted by molar-refractivity contribution is 6.99. The molecule has 1 fully saturated rings. The van der Waals surface area contributed by atoms with E-state index in [4.69, 9.17) is 14.3 Å². The van der Waals surface area contributed by atoms with Crippen LogP contribution in [0.2, 0.25) is 5.04 Å². The average molecular weight is 371 g/mol. The van der Waals surface area contributed by atoms with Crippen LogP contribution < -0.4 is 10.4 Å². The van der Waals surface area contributed by atoms with Crippen LogP contribution in [0.4, 0.5) is 0 Å². The Morgan fingerprint density at radius 1 is 0.923 bits per heavy atom. The first-order valence-electron chi connectivity index (χ1n) is 9.50. The summed E-state index contributed by atoms with van der Waals surface area (Å²) in [5.41, 5.74) is 0. The van der Waals surface area contributed by atoms with Crippen LogP contribution in [0.15, 0.2) is 60.7 Å². The monoisotopic (exact) mass is 370 g/mol. The standard InChI is InChI=1S/C22H30O3Si/c1-22(2,3)26(18-11-6-4-7-12-18,19-13-8-5-9-14-19)24-16-10-15-20-21(17-23)25-20/h4-9,11-14,20-21,23H,10,15-17H2,1-3H3/t20-,21?/m0/s1. The van der Waals surface area contributed by atoms with Crippen molar-refractivity contribution in [2.45, 2.75) is 50.9 Å². The lowest BCUT2D eigenvalue weighted by molar-refractivity contribution is 0.240. The van der Waals surface area contributed by atoms with E-state index < -0.39 is 8.32 Å². The summed E-state index contributed by atoms with van der Waals surface area (Å²) in [5.74, 6) is 0. The van der Waals surface area contributed by atoms with Crippen LogP contribution in [0.1, 0.15) is 33.6 Å². The van der Waals surface area contributed by atoms with Crippen molar-refractivity contribution in [2.75, 3.05) is 13.2 Å². The van der Waals surface area contributed by atoms with Gasteiger partial charge in [0.2, 0.25) is 0 Å². The fourth-order valence-electron chi connectivity index (χ4n) is 3.87. The number of aliphatic hydroxyl groups is 1. The van der Waals surface area contributed by atoms with Gasteiger partial charge in [0.1, 0.15) is 6.10 Å². The largest absolute Gasteiger partial charge is 0.407 e. The Hall–Kier alpha value is -1.46. The van der Waals surface area contributed by atoms with Gasteiger partial charge in [-0.25, -0.2) is 0 Å². The minimum absolute atomic E-state index is 0.0133. The summed E-state index contributed by atoms with van der Waals surface area (Å²) in [5, 5.41) is 11.8. The van der Waals surface area contributed by atoms with Gasteiger partial charge in [-0.3, -0.25) is 0 Å². The van der Waals surface area contributed by atoms with Crippen LogP contribution >= 0.6 is 0 Å². The molecule has 2 aromatic carbocycles. The van der Waals surface area contributed by atoms with Gasteiger partial charge in [-0.05, 0) is 28.3 Å². The molecule has 2 aromatic rings. The summed E-state index contributed by atoms with van der Waals surface area (Å²) in [6.07, 6.45) is 2.15. The number of rotatable bonds is 8. The molecular formula is C22H30O3Si. The second-order valence-electron chi connectivity index (χ2n) is 8.05. The van der Waals surface area contributed by atoms with Gasteiger partial charge in [0.05, 0.1) is 12.7 Å². The molecule has 4 heteroatoms. The van der Waals surface area contributed by atoms with Gasteiger partial charge in [0.15, 0.2) is 0 Å². The normalized spacial score (nSPS) is 20.2. The van der Waals surface area contributed by atoms with Crippen LogP contribution in [-0.2, 0) is 9.16 Å². The third kappa shape index (κ3) is 3.94. The van der Waals surface area contributed by atoms with Crippen molar-refractivity contribution in [3.05, 3.63) is 60.7 Å². The summed E-state index contributed by atoms with van der Waals surface area (Å²) in [6.45, 7) is 7.73. The van der Waals surface area contributed by atoms with Crippen molar-refractivity contribution in [1.29, 1.82) is 0 Å². The maximum atomic E-state index is 9.12. The van der Waals surface area contributed by atoms with Gasteiger partial charge in [-0.15, -0.1) is 0 Å². The molecular weight excluding hydrogens is 340 g/mol. The Morgan fingerprint density at radius 3 is 1.88 bits per heavy atom. The summed E-state index contributed by atoms with van der Waals surface area (Å²) < 4.78 is 12.3. The molecule has 0 aromatic heterocycles. The molecule has 0 bridgehead atoms. The molecule has 140 valence electrons. The number of ether oxygens (including phenoxy) is 1. The Bertz CT molecular complexity index is 642. The highest BCUT2D eigenvalue weighted by Crippen LogP contribution is 2.37. The molecule has 26 heavy (non-hydrogen) atoms. The molecule has 1 saturated heterocycles. The number of hydrogen-bond donors (Lipinski definition) is 1. The predicted molar refractivity (Wildman–Crippen MR) is 109 cm³/mol. The molecule has 0 amide bonds. The second-order valence-corrected chi connectivity index (χ2v) is 12.4. The zero-order chi connectivity index (χ0) is 18.6. The molecule has 1 N–H and O–H groups in total. The van der Waals surface area contributed by atoms with Crippen molar-refractivity contribution in [2.24, 2.45) is 0 Å². The van der Waals surface area contributed by atoms with Gasteiger partial charge in [0.25, 0.3) is 8.32 Å². The van der Waals surface area contributed by atoms with Crippen molar-refractivity contribution in [1.82, 2.24) is 0 Å². The van der Waals surface area contributed by atoms with E-state index in [-0.39, 0.29) is 23.9 Å². The van der Waals surface area contributed by atoms with Crippen LogP contribution in [0.3, 0.4) is 0 Å². The smallest absolute Gasteiger partial charge is 0.261 e. The topological polar surface area (TPSA) is 42.0 Å². The molecule has 1 aliphatic heterocycles. The summed E-state index contributed by atoms with van der Waals surface area (Å²) in [7, 11) is -2.42. The Balaban J connectivity index is 1.85. The average Bonchev–Trinajstić information content (AvgIpc) is 3.41. The SMILES string of the molecule is CC(C)(C)[Si](OCCC[C@@H]1OC1CO)(c1ccccc1)c1ccccc1. The minimum Gasteiger partial charge on any atom is -0.407 e. The first-order chi connectivity index (χ1) is 12.5. The number of benzene rings is 2. The van der Waals surface area contributed by atoms with Crippen molar-refractivity contribution in [3.63, 3.8) is 0 Å². The van der Waals surface area contributed by atoms with Crippen LogP contribution in [0.25, 0.3) is 0 Å². The second kappa shape index (κ2) is 8.05. The highest BCUT2D eigenvalue weighted by atomic mass is 28.4. The number of aliphatic hydroxyl groups excluding tert-OH is 1. The number of epoxide rings is 1. The van der Waals surface area contributed by atoms with Crippen molar-refractivity contribution < 1.29 is 14.3 Å². The van der Waals surface area contributed by atoms with E-state index in [1.807, 2.05) is 0 Å². The van der Waals surface area contributed by atoms with Gasteiger partial charge in [0, 0.05) is 6.61 Å². The quantitative estimate of drug-likeness (QED) is 0.441. The Labute approximate surface area is 158 Å². The van der Waals surface area contributed by atoms with Crippen LogP contribution in [-0.4, -0.2) is 38.8 Å². The minimum atomic E-state index is -2.42. The van der Waals surface area contributed by atoms with Crippen LogP contribution in [0.5, 0.6) is 0 Å². The molecule has 1 aliphatic rings. The molecule has 0 spiro atoms. The Morgan fingerprint density at radius 2 is 1.46 bits per heavy atom. The number of hydrogen-bond acceptors (Lipinski definition) is 3. The molecule has 3 nitrogen and oxygen atoms in total. The fourth-order valence-corrected chi connectivity index (χ4v) is 8.47. The third-order valence-electron chi connectivity index (χ3n) is 5.24. The van der Waals surface area contributed by atoms with E-state index in [0.717, 1.165) is 12.8 Å². The zero-order valence-electron chi connectivity index (χ0n) is 16.0. The molecule has 0 radical (unpaired) electrons. The molecule has 1 heterocycles. The van der Waals surface area contributed by atoms with Gasteiger partial charge in [-0.1, -0.05) is 81.4 Å². The van der Waals surface area contributed by atoms with E-state index >= 15 is 0 Å². The predicted octanol–water partition coefficient (Wildman–Crippen LogP) is 3.10. The summed E-state index contributed by atoms with van der Waals surface area (Å²) in [6, 6.07) is 21.4. The van der Waals surface area contributed by atoms with E-state index in [1.165, 1.54) is 10.4 Å². The molecule has 0 aliphatic carbocycles. The first-order valence-corrected chi connectivity index (χ1v) is 11.4. The highest BCUT2D eigenvalue weighted by Gasteiger charge is 2.50. The lowest BCUT2D eigenvalue weighted by Gasteiger charge is -2.43. The molecule has 1 unspecified atom stereocenters. The maximum Gasteiger partial charge on any atom is 0.261 e. The first kappa shape index (κ1) is 19.3. The lowest BCUT2D eigenvalue weighted by Crippen LogP contribution is -2.66. The maximum absolute atomic E-state index is 9.12. The van der Waals surface area contributed by atoms with Crippen LogP contribution in [0, 0.1) is 0 Å².